The lowest BCUT2D eigenvalue weighted by Crippen LogP contribution is -2.49. The molecular formula is C12H19N4O+. The predicted molar refractivity (Wildman–Crippen MR) is 63.8 cm³/mol. The second kappa shape index (κ2) is 4.23. The molecule has 1 atom stereocenters. The molecule has 1 unspecified atom stereocenters. The van der Waals surface area contributed by atoms with Crippen LogP contribution >= 0.6 is 0 Å². The van der Waals surface area contributed by atoms with Crippen LogP contribution in [0.3, 0.4) is 0 Å². The van der Waals surface area contributed by atoms with E-state index in [9.17, 15) is 5.11 Å². The van der Waals surface area contributed by atoms with Gasteiger partial charge in [-0.3, -0.25) is 4.90 Å². The Morgan fingerprint density at radius 3 is 3.00 bits per heavy atom. The highest BCUT2D eigenvalue weighted by atomic mass is 16.3. The summed E-state index contributed by atoms with van der Waals surface area (Å²) in [7, 11) is 2.04. The Kier molecular flexibility index (Phi) is 2.72. The van der Waals surface area contributed by atoms with Crippen LogP contribution in [0.1, 0.15) is 23.8 Å². The maximum atomic E-state index is 9.89. The first kappa shape index (κ1) is 10.9. The number of aliphatic hydroxyl groups excluding tert-OH is 1. The lowest BCUT2D eigenvalue weighted by Gasteiger charge is -2.26. The third-order valence-electron chi connectivity index (χ3n) is 3.68. The van der Waals surface area contributed by atoms with E-state index in [1.807, 2.05) is 13.4 Å². The van der Waals surface area contributed by atoms with Crippen molar-refractivity contribution < 1.29 is 9.67 Å². The van der Waals surface area contributed by atoms with Crippen molar-refractivity contribution in [1.29, 1.82) is 0 Å². The molecule has 3 rings (SSSR count). The first-order valence-electron chi connectivity index (χ1n) is 6.28. The molecule has 0 radical (unpaired) electrons. The molecule has 0 bridgehead atoms. The fourth-order valence-corrected chi connectivity index (χ4v) is 2.84. The van der Waals surface area contributed by atoms with Crippen molar-refractivity contribution in [3.05, 3.63) is 17.6 Å². The largest absolute Gasteiger partial charge is 0.385 e. The first-order chi connectivity index (χ1) is 8.27. The minimum Gasteiger partial charge on any atom is -0.385 e. The van der Waals surface area contributed by atoms with Crippen LogP contribution < -0.4 is 14.8 Å². The van der Waals surface area contributed by atoms with Gasteiger partial charge in [0.1, 0.15) is 6.10 Å². The number of aryl methyl sites for hydroxylation is 1. The van der Waals surface area contributed by atoms with Crippen LogP contribution in [0.15, 0.2) is 6.33 Å². The molecule has 0 amide bonds. The van der Waals surface area contributed by atoms with Crippen molar-refractivity contribution in [2.45, 2.75) is 18.9 Å². The smallest absolute Gasteiger partial charge is 0.230 e. The van der Waals surface area contributed by atoms with Crippen molar-refractivity contribution in [3.8, 4) is 0 Å². The number of hydrogen-bond acceptors (Lipinski definition) is 4. The first-order valence-corrected chi connectivity index (χ1v) is 6.28. The molecule has 17 heavy (non-hydrogen) atoms. The van der Waals surface area contributed by atoms with Crippen molar-refractivity contribution in [3.63, 3.8) is 0 Å². The molecule has 1 aromatic rings. The van der Waals surface area contributed by atoms with Gasteiger partial charge in [-0.1, -0.05) is 0 Å². The summed E-state index contributed by atoms with van der Waals surface area (Å²) in [6.45, 7) is 4.11. The number of anilines is 1. The lowest BCUT2D eigenvalue weighted by atomic mass is 10.2. The van der Waals surface area contributed by atoms with Gasteiger partial charge >= 0.3 is 0 Å². The highest BCUT2D eigenvalue weighted by Crippen LogP contribution is 2.33. The molecule has 92 valence electrons. The van der Waals surface area contributed by atoms with Crippen LogP contribution in [0.5, 0.6) is 0 Å². The molecule has 1 fully saturated rings. The zero-order chi connectivity index (χ0) is 11.8. The average Bonchev–Trinajstić information content (AvgIpc) is 2.72. The molecule has 0 saturated carbocycles. The van der Waals surface area contributed by atoms with Gasteiger partial charge in [0.05, 0.1) is 25.7 Å². The summed E-state index contributed by atoms with van der Waals surface area (Å²) in [5.74, 6) is 1.24. The summed E-state index contributed by atoms with van der Waals surface area (Å²) in [5, 5.41) is 13.3. The zero-order valence-electron chi connectivity index (χ0n) is 10.2. The second-order valence-electron chi connectivity index (χ2n) is 4.83. The van der Waals surface area contributed by atoms with Gasteiger partial charge in [0.25, 0.3) is 0 Å². The molecule has 2 heterocycles. The Hall–Kier alpha value is -1.20. The molecule has 1 aliphatic heterocycles. The summed E-state index contributed by atoms with van der Waals surface area (Å²) in [5.41, 5.74) is 2.13. The quantitative estimate of drug-likeness (QED) is 0.632. The molecule has 5 heteroatoms. The Morgan fingerprint density at radius 2 is 2.24 bits per heavy atom. The summed E-state index contributed by atoms with van der Waals surface area (Å²) >= 11 is 0. The molecule has 1 aromatic heterocycles. The predicted octanol–water partition coefficient (Wildman–Crippen LogP) is -0.705. The fraction of sp³-hybridized carbons (Fsp3) is 0.667. The normalized spacial score (nSPS) is 23.9. The zero-order valence-corrected chi connectivity index (χ0v) is 10.2. The minimum atomic E-state index is -0.368. The Bertz CT molecular complexity index is 429. The van der Waals surface area contributed by atoms with Gasteiger partial charge in [0.15, 0.2) is 5.69 Å². The number of rotatable bonds is 1. The Morgan fingerprint density at radius 1 is 1.47 bits per heavy atom. The van der Waals surface area contributed by atoms with Crippen LogP contribution in [0.4, 0.5) is 5.82 Å². The third-order valence-corrected chi connectivity index (χ3v) is 3.68. The number of nitrogens with zero attached hydrogens (tertiary/aromatic N) is 3. The summed E-state index contributed by atoms with van der Waals surface area (Å²) in [4.78, 5) is 6.76. The topological polar surface area (TPSA) is 52.3 Å². The Labute approximate surface area is 101 Å². The number of aliphatic hydroxyl groups is 1. The minimum absolute atomic E-state index is 0.368. The Balaban J connectivity index is 2.03. The van der Waals surface area contributed by atoms with Crippen molar-refractivity contribution in [2.24, 2.45) is 7.05 Å². The van der Waals surface area contributed by atoms with Gasteiger partial charge in [0.2, 0.25) is 12.1 Å². The van der Waals surface area contributed by atoms with Crippen LogP contribution in [-0.4, -0.2) is 36.3 Å². The van der Waals surface area contributed by atoms with Gasteiger partial charge in [-0.25, -0.2) is 4.57 Å². The van der Waals surface area contributed by atoms with E-state index in [2.05, 4.69) is 19.8 Å². The molecule has 5 nitrogen and oxygen atoms in total. The van der Waals surface area contributed by atoms with E-state index in [0.29, 0.717) is 0 Å². The maximum absolute atomic E-state index is 9.89. The number of piperazine rings is 1. The van der Waals surface area contributed by atoms with E-state index in [0.717, 1.165) is 44.7 Å². The number of aromatic nitrogens is 2. The van der Waals surface area contributed by atoms with Crippen molar-refractivity contribution in [1.82, 2.24) is 10.3 Å². The monoisotopic (exact) mass is 235 g/mol. The SMILES string of the molecule is C[n+]1cnc2c(c1N1CCNCC1)CCC2O. The van der Waals surface area contributed by atoms with E-state index < -0.39 is 0 Å². The van der Waals surface area contributed by atoms with Crippen molar-refractivity contribution in [2.75, 3.05) is 31.1 Å². The highest BCUT2D eigenvalue weighted by Gasteiger charge is 2.33. The number of nitrogens with one attached hydrogen (secondary N) is 1. The van der Waals surface area contributed by atoms with Crippen LogP contribution in [0.2, 0.25) is 0 Å². The summed E-state index contributed by atoms with van der Waals surface area (Å²) < 4.78 is 2.09. The van der Waals surface area contributed by atoms with Crippen LogP contribution in [0.25, 0.3) is 0 Å². The number of hydrogen-bond donors (Lipinski definition) is 2. The van der Waals surface area contributed by atoms with Gasteiger partial charge in [-0.05, 0) is 12.8 Å². The maximum Gasteiger partial charge on any atom is 0.230 e. The number of fused-ring (bicyclic) bond motifs is 1. The lowest BCUT2D eigenvalue weighted by molar-refractivity contribution is -0.662. The second-order valence-corrected chi connectivity index (χ2v) is 4.83. The summed E-state index contributed by atoms with van der Waals surface area (Å²) in [6, 6.07) is 0. The molecule has 1 saturated heterocycles. The van der Waals surface area contributed by atoms with Gasteiger partial charge in [-0.15, -0.1) is 4.98 Å². The van der Waals surface area contributed by atoms with E-state index in [4.69, 9.17) is 0 Å². The van der Waals surface area contributed by atoms with Crippen molar-refractivity contribution >= 4 is 5.82 Å². The molecule has 0 aromatic carbocycles. The fourth-order valence-electron chi connectivity index (χ4n) is 2.84. The van der Waals surface area contributed by atoms with Gasteiger partial charge < -0.3 is 10.4 Å². The molecule has 2 N–H and O–H groups in total. The van der Waals surface area contributed by atoms with Crippen LogP contribution in [0, 0.1) is 0 Å². The van der Waals surface area contributed by atoms with E-state index >= 15 is 0 Å². The van der Waals surface area contributed by atoms with Crippen LogP contribution in [-0.2, 0) is 13.5 Å². The third kappa shape index (κ3) is 1.79. The molecule has 2 aliphatic rings. The molecule has 1 aliphatic carbocycles. The molecular weight excluding hydrogens is 216 g/mol. The summed E-state index contributed by atoms with van der Waals surface area (Å²) in [6.07, 6.45) is 3.21. The molecule has 0 spiro atoms. The van der Waals surface area contributed by atoms with E-state index in [1.165, 1.54) is 11.4 Å². The average molecular weight is 235 g/mol. The van der Waals surface area contributed by atoms with E-state index in [-0.39, 0.29) is 6.10 Å². The van der Waals surface area contributed by atoms with E-state index in [1.54, 1.807) is 0 Å². The van der Waals surface area contributed by atoms with Gasteiger partial charge in [0, 0.05) is 13.1 Å². The highest BCUT2D eigenvalue weighted by molar-refractivity contribution is 5.47. The standard InChI is InChI=1S/C12H19N4O/c1-15-8-14-11-9(2-3-10(11)17)12(15)16-6-4-13-5-7-16/h8,10,13,17H,2-7H2,1H3/q+1. The van der Waals surface area contributed by atoms with Gasteiger partial charge in [-0.2, -0.15) is 0 Å².